The molecule has 0 unspecified atom stereocenters. The molecule has 0 radical (unpaired) electrons. The van der Waals surface area contributed by atoms with Crippen LogP contribution in [0.2, 0.25) is 0 Å². The average molecular weight is 645 g/mol. The molecule has 0 N–H and O–H groups in total. The van der Waals surface area contributed by atoms with Gasteiger partial charge in [0.25, 0.3) is 0 Å². The van der Waals surface area contributed by atoms with Gasteiger partial charge in [-0.2, -0.15) is 0 Å². The van der Waals surface area contributed by atoms with Crippen LogP contribution in [0.4, 0.5) is 17.1 Å². The van der Waals surface area contributed by atoms with Gasteiger partial charge in [0.15, 0.2) is 0 Å². The molecule has 0 aliphatic carbocycles. The fourth-order valence-corrected chi connectivity index (χ4v) is 8.44. The molecule has 49 heavy (non-hydrogen) atoms. The summed E-state index contributed by atoms with van der Waals surface area (Å²) in [7, 11) is 0. The zero-order valence-electron chi connectivity index (χ0n) is 26.4. The van der Waals surface area contributed by atoms with Crippen LogP contribution in [0.3, 0.4) is 0 Å². The highest BCUT2D eigenvalue weighted by atomic mass is 32.1. The van der Waals surface area contributed by atoms with Crippen molar-refractivity contribution in [3.05, 3.63) is 170 Å². The summed E-state index contributed by atoms with van der Waals surface area (Å²) in [5.74, 6) is 0. The molecule has 0 atom stereocenters. The second-order valence-corrected chi connectivity index (χ2v) is 13.4. The summed E-state index contributed by atoms with van der Waals surface area (Å²) in [5, 5.41) is 7.07. The van der Waals surface area contributed by atoms with Crippen LogP contribution in [0.15, 0.2) is 175 Å². The second-order valence-electron chi connectivity index (χ2n) is 12.4. The molecule has 0 aliphatic heterocycles. The van der Waals surface area contributed by atoms with Gasteiger partial charge in [0.2, 0.25) is 0 Å². The molecule has 3 aromatic heterocycles. The van der Waals surface area contributed by atoms with Gasteiger partial charge in [-0.25, -0.2) is 0 Å². The number of thiophene rings is 1. The van der Waals surface area contributed by atoms with Gasteiger partial charge >= 0.3 is 0 Å². The molecule has 0 aliphatic rings. The Labute approximate surface area is 286 Å². The normalized spacial score (nSPS) is 11.7. The molecule has 0 fully saturated rings. The molecular weight excluding hydrogens is 617 g/mol. The van der Waals surface area contributed by atoms with E-state index >= 15 is 0 Å². The molecular formula is C45H28N2OS. The van der Waals surface area contributed by atoms with Gasteiger partial charge in [-0.05, 0) is 87.6 Å². The molecule has 0 saturated carbocycles. The molecule has 0 spiro atoms. The van der Waals surface area contributed by atoms with Gasteiger partial charge in [-0.3, -0.25) is 4.98 Å². The number of furan rings is 1. The number of nitrogens with zero attached hydrogens (tertiary/aromatic N) is 2. The Morgan fingerprint density at radius 2 is 1.12 bits per heavy atom. The van der Waals surface area contributed by atoms with Gasteiger partial charge in [-0.1, -0.05) is 103 Å². The first-order valence-electron chi connectivity index (χ1n) is 16.4. The molecule has 3 heterocycles. The van der Waals surface area contributed by atoms with Gasteiger partial charge in [0.05, 0.1) is 5.69 Å². The minimum Gasteiger partial charge on any atom is -0.456 e. The maximum Gasteiger partial charge on any atom is 0.138 e. The lowest BCUT2D eigenvalue weighted by Gasteiger charge is -2.27. The predicted octanol–water partition coefficient (Wildman–Crippen LogP) is 13.3. The van der Waals surface area contributed by atoms with E-state index in [2.05, 4.69) is 162 Å². The summed E-state index contributed by atoms with van der Waals surface area (Å²) >= 11 is 1.85. The first-order chi connectivity index (χ1) is 24.3. The number of aromatic nitrogens is 1. The van der Waals surface area contributed by atoms with E-state index in [9.17, 15) is 0 Å². The number of benzene rings is 7. The van der Waals surface area contributed by atoms with E-state index in [4.69, 9.17) is 4.42 Å². The standard InChI is InChI=1S/C45H28N2OS/c1-2-9-29(10-3-1)30-17-21-32(22-18-30)47(39-14-8-16-43-45(39)36-13-6-7-15-42(36)49-43)33-23-19-31(20-24-33)37-27-41-44(35-12-5-4-11-34(35)37)38-28-46-26-25-40(38)48-41/h1-28H. The summed E-state index contributed by atoms with van der Waals surface area (Å²) < 4.78 is 8.94. The lowest BCUT2D eigenvalue weighted by atomic mass is 9.95. The smallest absolute Gasteiger partial charge is 0.138 e. The molecule has 10 aromatic rings. The van der Waals surface area contributed by atoms with Crippen LogP contribution in [0.25, 0.3) is 75.1 Å². The van der Waals surface area contributed by atoms with E-state index < -0.39 is 0 Å². The molecule has 3 nitrogen and oxygen atoms in total. The number of hydrogen-bond donors (Lipinski definition) is 0. The highest BCUT2D eigenvalue weighted by Crippen LogP contribution is 2.46. The molecule has 230 valence electrons. The van der Waals surface area contributed by atoms with E-state index in [1.807, 2.05) is 23.6 Å². The van der Waals surface area contributed by atoms with Crippen molar-refractivity contribution in [1.82, 2.24) is 4.98 Å². The average Bonchev–Trinajstić information content (AvgIpc) is 3.75. The Kier molecular flexibility index (Phi) is 6.36. The van der Waals surface area contributed by atoms with Crippen molar-refractivity contribution in [2.45, 2.75) is 0 Å². The maximum atomic E-state index is 6.36. The number of hydrogen-bond acceptors (Lipinski definition) is 4. The van der Waals surface area contributed by atoms with Crippen LogP contribution >= 0.6 is 11.3 Å². The third-order valence-electron chi connectivity index (χ3n) is 9.57. The van der Waals surface area contributed by atoms with Gasteiger partial charge in [0, 0.05) is 54.7 Å². The summed E-state index contributed by atoms with van der Waals surface area (Å²) in [5.41, 5.74) is 9.78. The van der Waals surface area contributed by atoms with E-state index in [0.717, 1.165) is 50.1 Å². The summed E-state index contributed by atoms with van der Waals surface area (Å²) in [6, 6.07) is 56.6. The third kappa shape index (κ3) is 4.53. The number of rotatable bonds is 5. The van der Waals surface area contributed by atoms with E-state index in [0.29, 0.717) is 0 Å². The van der Waals surface area contributed by atoms with Crippen LogP contribution < -0.4 is 4.90 Å². The number of pyridine rings is 1. The van der Waals surface area contributed by atoms with Crippen LogP contribution in [0.5, 0.6) is 0 Å². The van der Waals surface area contributed by atoms with Crippen LogP contribution in [0, 0.1) is 0 Å². The van der Waals surface area contributed by atoms with Gasteiger partial charge in [-0.15, -0.1) is 11.3 Å². The zero-order valence-corrected chi connectivity index (χ0v) is 27.2. The monoisotopic (exact) mass is 644 g/mol. The maximum absolute atomic E-state index is 6.36. The van der Waals surface area contributed by atoms with Crippen LogP contribution in [0.1, 0.15) is 0 Å². The van der Waals surface area contributed by atoms with Crippen LogP contribution in [-0.2, 0) is 0 Å². The lowest BCUT2D eigenvalue weighted by Crippen LogP contribution is -2.10. The Morgan fingerprint density at radius 3 is 1.92 bits per heavy atom. The quantitative estimate of drug-likeness (QED) is 0.187. The van der Waals surface area contributed by atoms with Gasteiger partial charge < -0.3 is 9.32 Å². The van der Waals surface area contributed by atoms with Crippen molar-refractivity contribution in [3.8, 4) is 22.3 Å². The van der Waals surface area contributed by atoms with E-state index in [1.165, 1.54) is 42.1 Å². The first-order valence-corrected chi connectivity index (χ1v) is 17.3. The van der Waals surface area contributed by atoms with Crippen molar-refractivity contribution in [2.75, 3.05) is 4.90 Å². The third-order valence-corrected chi connectivity index (χ3v) is 10.7. The Morgan fingerprint density at radius 1 is 0.469 bits per heavy atom. The van der Waals surface area contributed by atoms with Crippen LogP contribution in [-0.4, -0.2) is 4.98 Å². The highest BCUT2D eigenvalue weighted by Gasteiger charge is 2.20. The fourth-order valence-electron chi connectivity index (χ4n) is 7.32. The second kappa shape index (κ2) is 11.2. The summed E-state index contributed by atoms with van der Waals surface area (Å²) in [4.78, 5) is 6.78. The van der Waals surface area contributed by atoms with Gasteiger partial charge in [0.1, 0.15) is 11.2 Å². The SMILES string of the molecule is c1ccc(-c2ccc(N(c3ccc(-c4cc5oc6ccncc6c5c5ccccc45)cc3)c3cccc4sc5ccccc5c34)cc2)cc1. The van der Waals surface area contributed by atoms with Crippen molar-refractivity contribution in [1.29, 1.82) is 0 Å². The minimum atomic E-state index is 0.853. The number of anilines is 3. The lowest BCUT2D eigenvalue weighted by molar-refractivity contribution is 0.669. The Bertz CT molecular complexity index is 2810. The summed E-state index contributed by atoms with van der Waals surface area (Å²) in [6.07, 6.45) is 3.69. The fraction of sp³-hybridized carbons (Fsp3) is 0. The molecule has 7 aromatic carbocycles. The molecule has 0 saturated heterocycles. The topological polar surface area (TPSA) is 29.3 Å². The minimum absolute atomic E-state index is 0.853. The largest absolute Gasteiger partial charge is 0.456 e. The molecule has 0 amide bonds. The van der Waals surface area contributed by atoms with Crippen molar-refractivity contribution in [3.63, 3.8) is 0 Å². The van der Waals surface area contributed by atoms with E-state index in [1.54, 1.807) is 6.20 Å². The highest BCUT2D eigenvalue weighted by molar-refractivity contribution is 7.26. The zero-order chi connectivity index (χ0) is 32.3. The van der Waals surface area contributed by atoms with Crippen molar-refractivity contribution in [2.24, 2.45) is 0 Å². The Balaban J connectivity index is 1.15. The summed E-state index contributed by atoms with van der Waals surface area (Å²) in [6.45, 7) is 0. The van der Waals surface area contributed by atoms with Crippen molar-refractivity contribution >= 4 is 81.3 Å². The predicted molar refractivity (Wildman–Crippen MR) is 207 cm³/mol. The van der Waals surface area contributed by atoms with Crippen molar-refractivity contribution < 1.29 is 4.42 Å². The number of fused-ring (bicyclic) bond motifs is 8. The first kappa shape index (κ1) is 27.8. The van der Waals surface area contributed by atoms with E-state index in [-0.39, 0.29) is 0 Å². The molecule has 0 bridgehead atoms. The Hall–Kier alpha value is -6.23. The molecule has 10 rings (SSSR count). The molecule has 4 heteroatoms.